The molecule has 0 N–H and O–H groups in total. The van der Waals surface area contributed by atoms with Crippen molar-refractivity contribution in [1.82, 2.24) is 0 Å². The molecule has 3 aromatic rings. The van der Waals surface area contributed by atoms with Crippen LogP contribution < -0.4 is 18.9 Å². The summed E-state index contributed by atoms with van der Waals surface area (Å²) in [6, 6.07) is 19.0. The van der Waals surface area contributed by atoms with Gasteiger partial charge in [-0.3, -0.25) is 0 Å². The zero-order valence-corrected chi connectivity index (χ0v) is 28.3. The van der Waals surface area contributed by atoms with E-state index in [1.54, 1.807) is 42.5 Å². The highest BCUT2D eigenvalue weighted by Crippen LogP contribution is 2.27. The molecule has 0 unspecified atom stereocenters. The molecule has 0 aliphatic carbocycles. The fraction of sp³-hybridized carbons (Fsp3) is 0.450. The number of hydrogen-bond acceptors (Lipinski definition) is 7. The number of carbonyl (C=O) groups excluding carboxylic acids is 2. The van der Waals surface area contributed by atoms with Crippen molar-refractivity contribution >= 4 is 11.9 Å². The van der Waals surface area contributed by atoms with Crippen molar-refractivity contribution in [2.24, 2.45) is 0 Å². The minimum atomic E-state index is -0.570. The van der Waals surface area contributed by atoms with Crippen molar-refractivity contribution in [1.29, 1.82) is 0 Å². The zero-order chi connectivity index (χ0) is 33.5. The SMILES string of the molecule is C=CCOc1ccc(COC(=O)c2cc(OC(=O)c3ccc(OCCCCCCCC)cc3)ccc2OCCCCCCCC)cc1. The van der Waals surface area contributed by atoms with Crippen molar-refractivity contribution in [2.75, 3.05) is 19.8 Å². The first-order chi connectivity index (χ1) is 23.0. The van der Waals surface area contributed by atoms with Gasteiger partial charge >= 0.3 is 11.9 Å². The van der Waals surface area contributed by atoms with E-state index in [2.05, 4.69) is 20.4 Å². The summed E-state index contributed by atoms with van der Waals surface area (Å²) in [5, 5.41) is 0. The molecule has 0 fully saturated rings. The van der Waals surface area contributed by atoms with Gasteiger partial charge in [0.15, 0.2) is 0 Å². The molecular weight excluding hydrogens is 592 g/mol. The Balaban J connectivity index is 1.60. The Morgan fingerprint density at radius 1 is 0.617 bits per heavy atom. The highest BCUT2D eigenvalue weighted by molar-refractivity contribution is 5.94. The molecule has 3 rings (SSSR count). The molecule has 47 heavy (non-hydrogen) atoms. The second-order valence-electron chi connectivity index (χ2n) is 11.6. The molecule has 0 radical (unpaired) electrons. The minimum Gasteiger partial charge on any atom is -0.494 e. The van der Waals surface area contributed by atoms with Gasteiger partial charge in [0.1, 0.15) is 41.8 Å². The van der Waals surface area contributed by atoms with Gasteiger partial charge in [-0.05, 0) is 73.0 Å². The third-order valence-corrected chi connectivity index (χ3v) is 7.65. The lowest BCUT2D eigenvalue weighted by molar-refractivity contribution is 0.0466. The van der Waals surface area contributed by atoms with Crippen LogP contribution in [-0.2, 0) is 11.3 Å². The number of carbonyl (C=O) groups is 2. The summed E-state index contributed by atoms with van der Waals surface area (Å²) in [4.78, 5) is 26.3. The summed E-state index contributed by atoms with van der Waals surface area (Å²) in [5.74, 6) is 0.927. The van der Waals surface area contributed by atoms with Gasteiger partial charge in [-0.2, -0.15) is 0 Å². The summed E-state index contributed by atoms with van der Waals surface area (Å²) in [6.45, 7) is 9.67. The molecule has 0 saturated carbocycles. The quantitative estimate of drug-likeness (QED) is 0.0415. The van der Waals surface area contributed by atoms with Gasteiger partial charge in [-0.15, -0.1) is 0 Å². The smallest absolute Gasteiger partial charge is 0.343 e. The predicted molar refractivity (Wildman–Crippen MR) is 187 cm³/mol. The van der Waals surface area contributed by atoms with Crippen LogP contribution in [0.1, 0.15) is 117 Å². The molecule has 0 saturated heterocycles. The molecule has 0 spiro atoms. The molecule has 0 heterocycles. The average molecular weight is 645 g/mol. The molecule has 254 valence electrons. The lowest BCUT2D eigenvalue weighted by atomic mass is 10.1. The van der Waals surface area contributed by atoms with Crippen LogP contribution >= 0.6 is 0 Å². The summed E-state index contributed by atoms with van der Waals surface area (Å²) in [5.41, 5.74) is 1.39. The standard InChI is InChI=1S/C40H52O7/c1-4-7-9-11-13-15-28-44-35-23-19-33(20-24-35)39(41)47-36-25-26-38(45-29-16-14-12-10-8-5-2)37(30-36)40(42)46-31-32-17-21-34(22-18-32)43-27-6-3/h6,17-26,30H,3-5,7-16,27-29,31H2,1-2H3. The third-order valence-electron chi connectivity index (χ3n) is 7.65. The van der Waals surface area contributed by atoms with Crippen LogP contribution in [0.25, 0.3) is 0 Å². The summed E-state index contributed by atoms with van der Waals surface area (Å²) >= 11 is 0. The van der Waals surface area contributed by atoms with Crippen LogP contribution in [0.3, 0.4) is 0 Å². The summed E-state index contributed by atoms with van der Waals surface area (Å²) < 4.78 is 28.7. The Bertz CT molecular complexity index is 1330. The van der Waals surface area contributed by atoms with E-state index in [9.17, 15) is 9.59 Å². The summed E-state index contributed by atoms with van der Waals surface area (Å²) in [6.07, 6.45) is 15.6. The fourth-order valence-corrected chi connectivity index (χ4v) is 4.91. The molecular formula is C40H52O7. The van der Waals surface area contributed by atoms with Gasteiger partial charge < -0.3 is 23.7 Å². The van der Waals surface area contributed by atoms with Crippen molar-refractivity contribution in [2.45, 2.75) is 97.5 Å². The zero-order valence-electron chi connectivity index (χ0n) is 28.3. The van der Waals surface area contributed by atoms with Gasteiger partial charge in [0.2, 0.25) is 0 Å². The highest BCUT2D eigenvalue weighted by atomic mass is 16.5. The summed E-state index contributed by atoms with van der Waals surface area (Å²) in [7, 11) is 0. The largest absolute Gasteiger partial charge is 0.494 e. The maximum atomic E-state index is 13.3. The molecule has 3 aromatic carbocycles. The number of benzene rings is 3. The van der Waals surface area contributed by atoms with Gasteiger partial charge in [-0.1, -0.05) is 103 Å². The van der Waals surface area contributed by atoms with E-state index in [4.69, 9.17) is 23.7 Å². The minimum absolute atomic E-state index is 0.0642. The Labute approximate surface area is 281 Å². The molecule has 7 nitrogen and oxygen atoms in total. The monoisotopic (exact) mass is 644 g/mol. The van der Waals surface area contributed by atoms with Crippen LogP contribution in [0, 0.1) is 0 Å². The average Bonchev–Trinajstić information content (AvgIpc) is 3.10. The number of ether oxygens (including phenoxy) is 5. The number of esters is 2. The van der Waals surface area contributed by atoms with Crippen molar-refractivity contribution in [3.63, 3.8) is 0 Å². The number of hydrogen-bond donors (Lipinski definition) is 0. The van der Waals surface area contributed by atoms with E-state index in [1.807, 2.05) is 24.3 Å². The van der Waals surface area contributed by atoms with Crippen LogP contribution in [0.5, 0.6) is 23.0 Å². The van der Waals surface area contributed by atoms with E-state index in [1.165, 1.54) is 51.0 Å². The topological polar surface area (TPSA) is 80.3 Å². The van der Waals surface area contributed by atoms with E-state index < -0.39 is 11.9 Å². The maximum absolute atomic E-state index is 13.3. The normalized spacial score (nSPS) is 10.7. The first kappa shape index (κ1) is 37.2. The number of rotatable bonds is 24. The Morgan fingerprint density at radius 3 is 1.81 bits per heavy atom. The second-order valence-corrected chi connectivity index (χ2v) is 11.6. The van der Waals surface area contributed by atoms with Gasteiger partial charge in [0, 0.05) is 0 Å². The fourth-order valence-electron chi connectivity index (χ4n) is 4.91. The molecule has 0 bridgehead atoms. The van der Waals surface area contributed by atoms with Gasteiger partial charge in [0.25, 0.3) is 0 Å². The molecule has 7 heteroatoms. The molecule has 0 atom stereocenters. The van der Waals surface area contributed by atoms with Crippen LogP contribution in [0.2, 0.25) is 0 Å². The van der Waals surface area contributed by atoms with Crippen molar-refractivity contribution < 1.29 is 33.3 Å². The van der Waals surface area contributed by atoms with E-state index in [0.717, 1.165) is 37.7 Å². The molecule has 0 aromatic heterocycles. The highest BCUT2D eigenvalue weighted by Gasteiger charge is 2.18. The Morgan fingerprint density at radius 2 is 1.17 bits per heavy atom. The van der Waals surface area contributed by atoms with Crippen LogP contribution in [0.15, 0.2) is 79.4 Å². The van der Waals surface area contributed by atoms with Crippen molar-refractivity contribution in [3.8, 4) is 23.0 Å². The molecule has 0 amide bonds. The van der Waals surface area contributed by atoms with E-state index in [-0.39, 0.29) is 17.9 Å². The predicted octanol–water partition coefficient (Wildman–Crippen LogP) is 10.3. The van der Waals surface area contributed by atoms with E-state index in [0.29, 0.717) is 42.6 Å². The van der Waals surface area contributed by atoms with Crippen LogP contribution in [0.4, 0.5) is 0 Å². The first-order valence-electron chi connectivity index (χ1n) is 17.3. The van der Waals surface area contributed by atoms with Gasteiger partial charge in [0.05, 0.1) is 18.8 Å². The Hall–Kier alpha value is -4.26. The molecule has 0 aliphatic rings. The molecule has 0 aliphatic heterocycles. The number of unbranched alkanes of at least 4 members (excludes halogenated alkanes) is 10. The Kier molecular flexibility index (Phi) is 17.6. The lowest BCUT2D eigenvalue weighted by Gasteiger charge is -2.14. The second kappa shape index (κ2) is 22.3. The van der Waals surface area contributed by atoms with Crippen molar-refractivity contribution in [3.05, 3.63) is 96.1 Å². The maximum Gasteiger partial charge on any atom is 0.343 e. The van der Waals surface area contributed by atoms with Gasteiger partial charge in [-0.25, -0.2) is 9.59 Å². The van der Waals surface area contributed by atoms with Crippen LogP contribution in [-0.4, -0.2) is 31.8 Å². The van der Waals surface area contributed by atoms with E-state index >= 15 is 0 Å². The lowest BCUT2D eigenvalue weighted by Crippen LogP contribution is -2.12. The third kappa shape index (κ3) is 14.4. The first-order valence-corrected chi connectivity index (χ1v) is 17.3.